The first-order valence-corrected chi connectivity index (χ1v) is 16.7. The van der Waals surface area contributed by atoms with Crippen LogP contribution in [0.1, 0.15) is 82.4 Å². The monoisotopic (exact) mass is 786 g/mol. The van der Waals surface area contributed by atoms with Crippen LogP contribution < -0.4 is 4.90 Å². The van der Waals surface area contributed by atoms with Gasteiger partial charge in [-0.1, -0.05) is 66.2 Å². The highest BCUT2D eigenvalue weighted by Gasteiger charge is 2.40. The molecule has 0 aromatic heterocycles. The first-order chi connectivity index (χ1) is 33.8. The Balaban J connectivity index is 1.63. The molecule has 2 aliphatic rings. The maximum atomic E-state index is 15.7. The van der Waals surface area contributed by atoms with Crippen molar-refractivity contribution < 1.29 is 65.4 Å². The Bertz CT molecular complexity index is 2900. The summed E-state index contributed by atoms with van der Waals surface area (Å²) in [5, 5.41) is 10.6. The summed E-state index contributed by atoms with van der Waals surface area (Å²) in [5.74, 6) is -5.24. The first-order valence-electron chi connectivity index (χ1n) is 26.3. The molecule has 6 nitrogen and oxygen atoms in total. The first kappa shape index (κ1) is 20.6. The fourth-order valence-corrected chi connectivity index (χ4v) is 6.06. The summed E-state index contributed by atoms with van der Waals surface area (Å²) < 4.78 is 260. The lowest BCUT2D eigenvalue weighted by molar-refractivity contribution is -0.139. The lowest BCUT2D eigenvalue weighted by atomic mass is 9.86. The fourth-order valence-electron chi connectivity index (χ4n) is 5.26. The van der Waals surface area contributed by atoms with Gasteiger partial charge >= 0.3 is 6.18 Å². The summed E-state index contributed by atoms with van der Waals surface area (Å²) in [7, 11) is -3.59. The number of ether oxygens (including phenoxy) is 1. The Hall–Kier alpha value is -4.23. The van der Waals surface area contributed by atoms with Crippen LogP contribution in [0, 0.1) is 18.6 Å². The highest BCUT2D eigenvalue weighted by Crippen LogP contribution is 2.42. The molecule has 286 valence electrons. The Labute approximate surface area is 346 Å². The Morgan fingerprint density at radius 3 is 2.44 bits per heavy atom. The van der Waals surface area contributed by atoms with Crippen LogP contribution in [-0.4, -0.2) is 66.0 Å². The van der Waals surface area contributed by atoms with Gasteiger partial charge in [0.15, 0.2) is 11.6 Å². The zero-order chi connectivity index (χ0) is 57.2. The molecule has 6 rings (SSSR count). The van der Waals surface area contributed by atoms with Gasteiger partial charge in [0.2, 0.25) is 5.91 Å². The third-order valence-electron chi connectivity index (χ3n) is 8.03. The summed E-state index contributed by atoms with van der Waals surface area (Å²) >= 11 is -0.201. The second-order valence-corrected chi connectivity index (χ2v) is 12.7. The molecule has 1 saturated heterocycles. The van der Waals surface area contributed by atoms with Crippen LogP contribution in [-0.2, 0) is 27.9 Å². The summed E-state index contributed by atoms with van der Waals surface area (Å²) in [6.07, 6.45) is -15.5. The number of halogens is 5. The van der Waals surface area contributed by atoms with E-state index < -0.39 is 157 Å². The van der Waals surface area contributed by atoms with Crippen LogP contribution in [0.25, 0.3) is 11.1 Å². The van der Waals surface area contributed by atoms with E-state index in [-0.39, 0.29) is 38.3 Å². The van der Waals surface area contributed by atoms with E-state index in [9.17, 15) is 30.9 Å². The predicted octanol–water partition coefficient (Wildman–Crippen LogP) is 9.12. The number of rotatable bonds is 12. The number of aliphatic hydroxyl groups excluding tert-OH is 1. The second-order valence-electron chi connectivity index (χ2n) is 11.9. The van der Waals surface area contributed by atoms with Crippen LogP contribution in [0.5, 0.6) is 0 Å². The van der Waals surface area contributed by atoms with Crippen molar-refractivity contribution in [2.75, 3.05) is 44.6 Å². The van der Waals surface area contributed by atoms with Crippen molar-refractivity contribution in [3.05, 3.63) is 135 Å². The molecule has 2 aliphatic heterocycles. The van der Waals surface area contributed by atoms with Crippen molar-refractivity contribution in [3.63, 3.8) is 0 Å². The van der Waals surface area contributed by atoms with Crippen molar-refractivity contribution in [2.45, 2.75) is 56.6 Å². The van der Waals surface area contributed by atoms with E-state index in [0.29, 0.717) is 17.9 Å². The molecule has 2 heterocycles. The maximum absolute atomic E-state index is 15.7. The summed E-state index contributed by atoms with van der Waals surface area (Å²) in [6, 6.07) is 6.42. The van der Waals surface area contributed by atoms with Crippen molar-refractivity contribution in [3.8, 4) is 11.1 Å². The number of methoxy groups -OCH3 is 1. The smallest absolute Gasteiger partial charge is 0.384 e. The molecule has 0 bridgehead atoms. The fraction of sp³-hybridized carbons (Fsp3) is 0.357. The third-order valence-corrected chi connectivity index (χ3v) is 8.88. The number of piperidine rings is 1. The molecule has 4 aromatic carbocycles. The number of carbonyl (C=O) groups excluding carboxylic acids is 1. The van der Waals surface area contributed by atoms with Crippen LogP contribution >= 0.6 is 11.8 Å². The molecule has 0 saturated carbocycles. The number of likely N-dealkylation sites (tertiary alicyclic amines) is 1. The van der Waals surface area contributed by atoms with Crippen molar-refractivity contribution in [2.24, 2.45) is 0 Å². The van der Waals surface area contributed by atoms with E-state index >= 15 is 9.18 Å². The Kier molecular flexibility index (Phi) is 6.36. The molecule has 4 aromatic rings. The number of anilines is 1. The highest BCUT2D eigenvalue weighted by molar-refractivity contribution is 8.02. The van der Waals surface area contributed by atoms with Crippen LogP contribution in [0.3, 0.4) is 0 Å². The van der Waals surface area contributed by atoms with Gasteiger partial charge in [-0.2, -0.15) is 13.2 Å². The van der Waals surface area contributed by atoms with Gasteiger partial charge in [0, 0.05) is 74.8 Å². The summed E-state index contributed by atoms with van der Waals surface area (Å²) in [5.41, 5.74) is -11.5. The molecule has 0 radical (unpaired) electrons. The van der Waals surface area contributed by atoms with E-state index in [4.69, 9.17) is 20.6 Å². The molecule has 12 heteroatoms. The third kappa shape index (κ3) is 9.00. The summed E-state index contributed by atoms with van der Waals surface area (Å²) in [4.78, 5) is 15.5. The number of thioether (sulfide) groups is 1. The molecule has 54 heavy (non-hydrogen) atoms. The Morgan fingerprint density at radius 2 is 1.78 bits per heavy atom. The molecular weight excluding hydrogens is 722 g/mol. The van der Waals surface area contributed by atoms with E-state index in [1.165, 1.54) is 6.92 Å². The van der Waals surface area contributed by atoms with Gasteiger partial charge in [-0.15, -0.1) is 11.8 Å². The average molecular weight is 787 g/mol. The van der Waals surface area contributed by atoms with Crippen molar-refractivity contribution in [1.82, 2.24) is 9.80 Å². The largest absolute Gasteiger partial charge is 0.416 e. The summed E-state index contributed by atoms with van der Waals surface area (Å²) in [6.45, 7) is -17.7. The predicted molar refractivity (Wildman–Crippen MR) is 203 cm³/mol. The van der Waals surface area contributed by atoms with E-state index in [0.717, 1.165) is 60.7 Å². The number of hydrogen-bond donors (Lipinski definition) is 1. The van der Waals surface area contributed by atoms with E-state index in [1.807, 2.05) is 0 Å². The lowest BCUT2D eigenvalue weighted by Crippen LogP contribution is -2.57. The topological polar surface area (TPSA) is 56.3 Å². The van der Waals surface area contributed by atoms with Gasteiger partial charge < -0.3 is 24.5 Å². The molecule has 1 amide bonds. The Morgan fingerprint density at radius 1 is 1.09 bits per heavy atom. The number of hydrogen-bond acceptors (Lipinski definition) is 6. The van der Waals surface area contributed by atoms with Crippen molar-refractivity contribution >= 4 is 23.4 Å². The SMILES string of the molecule is [2H]C1=C(SC([2H])([2H])c2cccc(F)c2F)N(CC(=O)N(C([2H])([2H])c2ccc(-c3ccc(C(F)(F)F)cc3)cc2)C2(C)C([2H])([2H])C([2H])([2H])N(CC([2H])([2H])OC([2H])([2H])[2H])C([2H])([2H])C2([2H])[2H])c2c([2H])c([2H])c(C)c([2H])c2C1O. The molecule has 1 N–H and O–H groups in total. The molecular formula is C42H44F5N3O3S. The zero-order valence-electron chi connectivity index (χ0n) is 49.2. The van der Waals surface area contributed by atoms with Gasteiger partial charge in [0.05, 0.1) is 32.2 Å². The standard InChI is InChI=1S/C42H44F5N3O3S/c1-28-7-16-36-34(23-28)37(51)24-39(54-27-32-5-4-6-35(43)40(32)44)49(36)26-38(52)50(41(2)17-19-48(20-18-41)21-22-53-3)25-29-8-10-30(11-9-29)31-12-14-33(15-13-31)42(45,46)47/h4-16,23-24,37,51H,17-22,25-27H2,1-3H3/i3D3,7D,16D,17D2,18D2,19D2,20D2,22D2,23D,24D,25D2,27D2. The van der Waals surface area contributed by atoms with Gasteiger partial charge in [-0.3, -0.25) is 4.79 Å². The van der Waals surface area contributed by atoms with Crippen molar-refractivity contribution in [1.29, 1.82) is 0 Å². The maximum Gasteiger partial charge on any atom is 0.416 e. The minimum absolute atomic E-state index is 0.102. The molecule has 1 atom stereocenters. The normalized spacial score (nSPS) is 27.9. The number of fused-ring (bicyclic) bond motifs is 1. The minimum atomic E-state index is -4.73. The van der Waals surface area contributed by atoms with Crippen LogP contribution in [0.15, 0.2) is 95.9 Å². The zero-order valence-corrected chi connectivity index (χ0v) is 29.1. The average Bonchev–Trinajstić information content (AvgIpc) is 3.28. The molecule has 1 fully saturated rings. The number of carbonyl (C=O) groups is 1. The number of benzene rings is 4. The lowest BCUT2D eigenvalue weighted by Gasteiger charge is -2.47. The quantitative estimate of drug-likeness (QED) is 0.145. The second kappa shape index (κ2) is 16.6. The molecule has 1 unspecified atom stereocenters. The highest BCUT2D eigenvalue weighted by atomic mass is 32.2. The number of nitrogens with zero attached hydrogens (tertiary/aromatic N) is 3. The minimum Gasteiger partial charge on any atom is -0.384 e. The van der Waals surface area contributed by atoms with Gasteiger partial charge in [-0.05, 0) is 73.6 Å². The number of aliphatic hydroxyl groups is 1. The van der Waals surface area contributed by atoms with E-state index in [2.05, 4.69) is 4.74 Å². The van der Waals surface area contributed by atoms with Crippen LogP contribution in [0.4, 0.5) is 27.6 Å². The van der Waals surface area contributed by atoms with E-state index in [1.54, 1.807) is 0 Å². The van der Waals surface area contributed by atoms with Gasteiger partial charge in [0.25, 0.3) is 0 Å². The van der Waals surface area contributed by atoms with Gasteiger partial charge in [-0.25, -0.2) is 8.78 Å². The number of amides is 1. The van der Waals surface area contributed by atoms with Gasteiger partial charge in [0.1, 0.15) is 12.6 Å². The van der Waals surface area contributed by atoms with Crippen LogP contribution in [0.2, 0.25) is 0 Å². The molecule has 0 spiro atoms. The molecule has 0 aliphatic carbocycles. The number of alkyl halides is 3.